The predicted molar refractivity (Wildman–Crippen MR) is 58.5 cm³/mol. The fourth-order valence-corrected chi connectivity index (χ4v) is 1.39. The maximum absolute atomic E-state index is 11.2. The standard InChI is InChI=1S/C12H11NO4/c1-2-17-12(16)5-8-3-9(6-13)10(7-14)11(15)4-8/h3-4,7,15H,2,5H2,1H3. The molecule has 0 aliphatic rings. The maximum atomic E-state index is 11.2. The molecule has 17 heavy (non-hydrogen) atoms. The summed E-state index contributed by atoms with van der Waals surface area (Å²) < 4.78 is 4.74. The molecule has 0 atom stereocenters. The summed E-state index contributed by atoms with van der Waals surface area (Å²) in [7, 11) is 0. The normalized spacial score (nSPS) is 9.41. The number of phenolic OH excluding ortho intramolecular Hbond substituents is 1. The summed E-state index contributed by atoms with van der Waals surface area (Å²) in [6.45, 7) is 1.95. The van der Waals surface area contributed by atoms with Gasteiger partial charge in [0.15, 0.2) is 6.29 Å². The molecule has 1 rings (SSSR count). The van der Waals surface area contributed by atoms with E-state index in [-0.39, 0.29) is 29.9 Å². The minimum absolute atomic E-state index is 0.0410. The second-order valence-electron chi connectivity index (χ2n) is 3.29. The molecule has 0 spiro atoms. The van der Waals surface area contributed by atoms with Crippen LogP contribution in [0.2, 0.25) is 0 Å². The first-order valence-electron chi connectivity index (χ1n) is 4.99. The largest absolute Gasteiger partial charge is 0.507 e. The molecular formula is C12H11NO4. The van der Waals surface area contributed by atoms with Crippen LogP contribution >= 0.6 is 0 Å². The van der Waals surface area contributed by atoms with Gasteiger partial charge >= 0.3 is 5.97 Å². The molecule has 88 valence electrons. The van der Waals surface area contributed by atoms with Crippen molar-refractivity contribution in [3.63, 3.8) is 0 Å². The van der Waals surface area contributed by atoms with Crippen LogP contribution in [0, 0.1) is 11.3 Å². The van der Waals surface area contributed by atoms with E-state index in [1.54, 1.807) is 13.0 Å². The zero-order valence-corrected chi connectivity index (χ0v) is 9.27. The Bertz CT molecular complexity index is 488. The second-order valence-corrected chi connectivity index (χ2v) is 3.29. The van der Waals surface area contributed by atoms with Gasteiger partial charge in [-0.1, -0.05) is 0 Å². The van der Waals surface area contributed by atoms with Crippen molar-refractivity contribution in [3.8, 4) is 11.8 Å². The zero-order valence-electron chi connectivity index (χ0n) is 9.27. The Hall–Kier alpha value is -2.35. The van der Waals surface area contributed by atoms with E-state index in [9.17, 15) is 14.7 Å². The quantitative estimate of drug-likeness (QED) is 0.623. The van der Waals surface area contributed by atoms with E-state index in [1.807, 2.05) is 0 Å². The Balaban J connectivity index is 3.04. The molecule has 1 aromatic rings. The summed E-state index contributed by atoms with van der Waals surface area (Å²) in [5.41, 5.74) is 0.405. The second kappa shape index (κ2) is 5.66. The molecule has 0 amide bonds. The lowest BCUT2D eigenvalue weighted by atomic mass is 10.0. The molecule has 0 heterocycles. The topological polar surface area (TPSA) is 87.4 Å². The lowest BCUT2D eigenvalue weighted by Gasteiger charge is -2.05. The number of rotatable bonds is 4. The van der Waals surface area contributed by atoms with Gasteiger partial charge in [-0.25, -0.2) is 0 Å². The number of hydrogen-bond donors (Lipinski definition) is 1. The van der Waals surface area contributed by atoms with Gasteiger partial charge in [0.2, 0.25) is 0 Å². The van der Waals surface area contributed by atoms with Crippen molar-refractivity contribution in [1.29, 1.82) is 5.26 Å². The van der Waals surface area contributed by atoms with Crippen LogP contribution in [0.1, 0.15) is 28.4 Å². The predicted octanol–water partition coefficient (Wildman–Crippen LogP) is 1.18. The Morgan fingerprint density at radius 1 is 1.59 bits per heavy atom. The lowest BCUT2D eigenvalue weighted by molar-refractivity contribution is -0.142. The highest BCUT2D eigenvalue weighted by atomic mass is 16.5. The van der Waals surface area contributed by atoms with Crippen LogP contribution in [-0.2, 0) is 16.0 Å². The first-order valence-corrected chi connectivity index (χ1v) is 4.99. The minimum Gasteiger partial charge on any atom is -0.507 e. The van der Waals surface area contributed by atoms with Gasteiger partial charge in [0.05, 0.1) is 24.2 Å². The number of esters is 1. The summed E-state index contributed by atoms with van der Waals surface area (Å²) in [5.74, 6) is -0.756. The van der Waals surface area contributed by atoms with Crippen LogP contribution in [0.25, 0.3) is 0 Å². The Morgan fingerprint density at radius 3 is 2.82 bits per heavy atom. The number of hydrogen-bond acceptors (Lipinski definition) is 5. The average molecular weight is 233 g/mol. The van der Waals surface area contributed by atoms with Crippen LogP contribution < -0.4 is 0 Å². The Kier molecular flexibility index (Phi) is 4.23. The van der Waals surface area contributed by atoms with Crippen LogP contribution in [0.15, 0.2) is 12.1 Å². The molecule has 0 aliphatic heterocycles. The van der Waals surface area contributed by atoms with Gasteiger partial charge in [-0.15, -0.1) is 0 Å². The molecule has 5 heteroatoms. The van der Waals surface area contributed by atoms with Crippen molar-refractivity contribution >= 4 is 12.3 Å². The average Bonchev–Trinajstić information content (AvgIpc) is 2.28. The molecule has 5 nitrogen and oxygen atoms in total. The summed E-state index contributed by atoms with van der Waals surface area (Å²) in [6.07, 6.45) is 0.358. The fraction of sp³-hybridized carbons (Fsp3) is 0.250. The number of phenols is 1. The number of benzene rings is 1. The van der Waals surface area contributed by atoms with Crippen molar-refractivity contribution in [2.24, 2.45) is 0 Å². The summed E-state index contributed by atoms with van der Waals surface area (Å²) in [4.78, 5) is 21.9. The summed E-state index contributed by atoms with van der Waals surface area (Å²) in [6, 6.07) is 4.46. The molecule has 1 aromatic carbocycles. The monoisotopic (exact) mass is 233 g/mol. The lowest BCUT2D eigenvalue weighted by Crippen LogP contribution is -2.08. The molecular weight excluding hydrogens is 222 g/mol. The van der Waals surface area contributed by atoms with E-state index in [0.717, 1.165) is 0 Å². The molecule has 0 saturated heterocycles. The van der Waals surface area contributed by atoms with Crippen molar-refractivity contribution in [1.82, 2.24) is 0 Å². The number of nitrogens with zero attached hydrogens (tertiary/aromatic N) is 1. The van der Waals surface area contributed by atoms with E-state index >= 15 is 0 Å². The number of aromatic hydroxyl groups is 1. The van der Waals surface area contributed by atoms with Crippen LogP contribution in [-0.4, -0.2) is 24.0 Å². The molecule has 1 N–H and O–H groups in total. The molecule has 0 aliphatic carbocycles. The van der Waals surface area contributed by atoms with E-state index in [4.69, 9.17) is 10.00 Å². The summed E-state index contributed by atoms with van der Waals surface area (Å²) in [5, 5.41) is 18.3. The highest BCUT2D eigenvalue weighted by Gasteiger charge is 2.12. The van der Waals surface area contributed by atoms with Gasteiger partial charge in [0.25, 0.3) is 0 Å². The van der Waals surface area contributed by atoms with Gasteiger partial charge in [-0.2, -0.15) is 5.26 Å². The van der Waals surface area contributed by atoms with E-state index in [1.165, 1.54) is 12.1 Å². The van der Waals surface area contributed by atoms with E-state index < -0.39 is 5.97 Å². The van der Waals surface area contributed by atoms with Gasteiger partial charge in [-0.05, 0) is 24.6 Å². The first-order chi connectivity index (χ1) is 8.12. The Morgan fingerprint density at radius 2 is 2.29 bits per heavy atom. The maximum Gasteiger partial charge on any atom is 0.310 e. The number of carbonyl (C=O) groups is 2. The number of aldehydes is 1. The third-order valence-electron chi connectivity index (χ3n) is 2.11. The SMILES string of the molecule is CCOC(=O)Cc1cc(O)c(C=O)c(C#N)c1. The zero-order chi connectivity index (χ0) is 12.8. The van der Waals surface area contributed by atoms with Crippen LogP contribution in [0.3, 0.4) is 0 Å². The smallest absolute Gasteiger partial charge is 0.310 e. The van der Waals surface area contributed by atoms with Crippen molar-refractivity contribution in [2.45, 2.75) is 13.3 Å². The van der Waals surface area contributed by atoms with Crippen LogP contribution in [0.4, 0.5) is 0 Å². The Labute approximate surface area is 98.2 Å². The first kappa shape index (κ1) is 12.7. The number of carbonyl (C=O) groups excluding carboxylic acids is 2. The molecule has 0 radical (unpaired) electrons. The van der Waals surface area contributed by atoms with Crippen molar-refractivity contribution in [2.75, 3.05) is 6.61 Å². The number of nitriles is 1. The van der Waals surface area contributed by atoms with Crippen molar-refractivity contribution in [3.05, 3.63) is 28.8 Å². The highest BCUT2D eigenvalue weighted by molar-refractivity contribution is 5.84. The van der Waals surface area contributed by atoms with Gasteiger partial charge in [0, 0.05) is 0 Å². The third kappa shape index (κ3) is 3.05. The van der Waals surface area contributed by atoms with Gasteiger partial charge in [-0.3, -0.25) is 9.59 Å². The van der Waals surface area contributed by atoms with E-state index in [2.05, 4.69) is 0 Å². The summed E-state index contributed by atoms with van der Waals surface area (Å²) >= 11 is 0. The van der Waals surface area contributed by atoms with E-state index in [0.29, 0.717) is 11.8 Å². The minimum atomic E-state index is -0.449. The van der Waals surface area contributed by atoms with Crippen LogP contribution in [0.5, 0.6) is 5.75 Å². The van der Waals surface area contributed by atoms with Gasteiger partial charge in [0.1, 0.15) is 11.8 Å². The molecule has 0 saturated carbocycles. The molecule has 0 bridgehead atoms. The third-order valence-corrected chi connectivity index (χ3v) is 2.11. The molecule has 0 unspecified atom stereocenters. The highest BCUT2D eigenvalue weighted by Crippen LogP contribution is 2.22. The number of ether oxygens (including phenoxy) is 1. The fourth-order valence-electron chi connectivity index (χ4n) is 1.39. The van der Waals surface area contributed by atoms with Crippen molar-refractivity contribution < 1.29 is 19.4 Å². The molecule has 0 fully saturated rings. The molecule has 0 aromatic heterocycles. The van der Waals surface area contributed by atoms with Gasteiger partial charge < -0.3 is 9.84 Å².